The van der Waals surface area contributed by atoms with E-state index in [4.69, 9.17) is 9.47 Å². The third-order valence-electron chi connectivity index (χ3n) is 5.84. The fraction of sp³-hybridized carbons (Fsp3) is 0.500. The van der Waals surface area contributed by atoms with E-state index in [0.29, 0.717) is 36.3 Å². The van der Waals surface area contributed by atoms with Crippen molar-refractivity contribution in [3.63, 3.8) is 0 Å². The lowest BCUT2D eigenvalue weighted by atomic mass is 10.1. The Morgan fingerprint density at radius 1 is 1.06 bits per heavy atom. The summed E-state index contributed by atoms with van der Waals surface area (Å²) in [5, 5.41) is 5.84. The third-order valence-corrected chi connectivity index (χ3v) is 5.84. The number of carbonyl (C=O) groups excluding carboxylic acids is 1. The molecule has 0 aromatic heterocycles. The number of ether oxygens (including phenoxy) is 2. The first-order valence-electron chi connectivity index (χ1n) is 11.8. The number of piperazine rings is 1. The van der Waals surface area contributed by atoms with Crippen LogP contribution in [-0.2, 0) is 6.54 Å². The van der Waals surface area contributed by atoms with Gasteiger partial charge in [0.2, 0.25) is 0 Å². The molecule has 0 radical (unpaired) electrons. The summed E-state index contributed by atoms with van der Waals surface area (Å²) in [5.74, 6) is 1.94. The Morgan fingerprint density at radius 2 is 1.85 bits per heavy atom. The lowest BCUT2D eigenvalue weighted by molar-refractivity contribution is 0.251. The van der Waals surface area contributed by atoms with Crippen LogP contribution in [-0.4, -0.2) is 57.9 Å². The summed E-state index contributed by atoms with van der Waals surface area (Å²) >= 11 is 0. The maximum atomic E-state index is 12.5. The average Bonchev–Trinajstić information content (AvgIpc) is 2.81. The molecule has 1 aliphatic rings. The second-order valence-corrected chi connectivity index (χ2v) is 9.02. The van der Waals surface area contributed by atoms with Gasteiger partial charge in [0.25, 0.3) is 0 Å². The van der Waals surface area contributed by atoms with E-state index >= 15 is 0 Å². The summed E-state index contributed by atoms with van der Waals surface area (Å²) in [6.07, 6.45) is 2.09. The molecule has 33 heavy (non-hydrogen) atoms. The molecule has 1 heterocycles. The van der Waals surface area contributed by atoms with E-state index in [1.165, 1.54) is 5.69 Å². The summed E-state index contributed by atoms with van der Waals surface area (Å²) in [6.45, 7) is 9.65. The number of hydrogen-bond donors (Lipinski definition) is 2. The number of nitrogens with zero attached hydrogens (tertiary/aromatic N) is 2. The largest absolute Gasteiger partial charge is 0.493 e. The molecule has 2 N–H and O–H groups in total. The molecule has 0 bridgehead atoms. The SMILES string of the molecule is COc1ccc(NC(=O)NCc2cccc(N3CCN(C)CC3)c2)cc1OCCCC(C)C. The van der Waals surface area contributed by atoms with Crippen molar-refractivity contribution in [2.24, 2.45) is 5.92 Å². The number of hydrogen-bond acceptors (Lipinski definition) is 5. The van der Waals surface area contributed by atoms with Crippen molar-refractivity contribution in [2.75, 3.05) is 57.2 Å². The van der Waals surface area contributed by atoms with Crippen LogP contribution in [0, 0.1) is 5.92 Å². The summed E-state index contributed by atoms with van der Waals surface area (Å²) in [5.41, 5.74) is 2.95. The fourth-order valence-corrected chi connectivity index (χ4v) is 3.83. The van der Waals surface area contributed by atoms with Crippen LogP contribution in [0.5, 0.6) is 11.5 Å². The third kappa shape index (κ3) is 7.86. The van der Waals surface area contributed by atoms with E-state index < -0.39 is 0 Å². The van der Waals surface area contributed by atoms with Crippen molar-refractivity contribution in [2.45, 2.75) is 33.2 Å². The van der Waals surface area contributed by atoms with Gasteiger partial charge in [-0.3, -0.25) is 0 Å². The van der Waals surface area contributed by atoms with Gasteiger partial charge in [0, 0.05) is 50.2 Å². The predicted molar refractivity (Wildman–Crippen MR) is 135 cm³/mol. The maximum absolute atomic E-state index is 12.5. The highest BCUT2D eigenvalue weighted by Gasteiger charge is 2.14. The van der Waals surface area contributed by atoms with E-state index in [0.717, 1.165) is 44.6 Å². The Bertz CT molecular complexity index is 895. The van der Waals surface area contributed by atoms with Gasteiger partial charge in [-0.2, -0.15) is 0 Å². The number of likely N-dealkylation sites (N-methyl/N-ethyl adjacent to an activating group) is 1. The Morgan fingerprint density at radius 3 is 2.58 bits per heavy atom. The molecule has 0 atom stereocenters. The first-order valence-corrected chi connectivity index (χ1v) is 11.8. The van der Waals surface area contributed by atoms with Gasteiger partial charge in [0.05, 0.1) is 13.7 Å². The van der Waals surface area contributed by atoms with Crippen LogP contribution in [0.3, 0.4) is 0 Å². The van der Waals surface area contributed by atoms with Gasteiger partial charge in [-0.25, -0.2) is 4.79 Å². The molecule has 0 saturated carbocycles. The Kier molecular flexibility index (Phi) is 9.24. The van der Waals surface area contributed by atoms with Crippen molar-refractivity contribution in [1.29, 1.82) is 0 Å². The van der Waals surface area contributed by atoms with E-state index in [-0.39, 0.29) is 6.03 Å². The highest BCUT2D eigenvalue weighted by atomic mass is 16.5. The number of methoxy groups -OCH3 is 1. The highest BCUT2D eigenvalue weighted by Crippen LogP contribution is 2.30. The summed E-state index contributed by atoms with van der Waals surface area (Å²) < 4.78 is 11.3. The van der Waals surface area contributed by atoms with E-state index in [2.05, 4.69) is 59.5 Å². The van der Waals surface area contributed by atoms with Crippen LogP contribution in [0.4, 0.5) is 16.2 Å². The van der Waals surface area contributed by atoms with Crippen LogP contribution in [0.2, 0.25) is 0 Å². The number of urea groups is 1. The molecule has 1 fully saturated rings. The van der Waals surface area contributed by atoms with Crippen molar-refractivity contribution >= 4 is 17.4 Å². The molecule has 7 nitrogen and oxygen atoms in total. The Hall–Kier alpha value is -2.93. The first kappa shape index (κ1) is 24.7. The second kappa shape index (κ2) is 12.3. The molecule has 2 aromatic carbocycles. The summed E-state index contributed by atoms with van der Waals surface area (Å²) in [6, 6.07) is 13.6. The molecule has 1 aliphatic heterocycles. The number of nitrogens with one attached hydrogen (secondary N) is 2. The topological polar surface area (TPSA) is 66.1 Å². The lowest BCUT2D eigenvalue weighted by Crippen LogP contribution is -2.44. The van der Waals surface area contributed by atoms with Crippen LogP contribution in [0.25, 0.3) is 0 Å². The monoisotopic (exact) mass is 454 g/mol. The first-order chi connectivity index (χ1) is 15.9. The van der Waals surface area contributed by atoms with Crippen molar-refractivity contribution in [3.05, 3.63) is 48.0 Å². The second-order valence-electron chi connectivity index (χ2n) is 9.02. The molecule has 0 aliphatic carbocycles. The fourth-order valence-electron chi connectivity index (χ4n) is 3.83. The molecule has 0 unspecified atom stereocenters. The molecule has 7 heteroatoms. The summed E-state index contributed by atoms with van der Waals surface area (Å²) in [4.78, 5) is 17.2. The molecule has 3 rings (SSSR count). The van der Waals surface area contributed by atoms with Crippen LogP contribution in [0.1, 0.15) is 32.3 Å². The maximum Gasteiger partial charge on any atom is 0.319 e. The normalized spacial score (nSPS) is 14.3. The van der Waals surface area contributed by atoms with Crippen LogP contribution < -0.4 is 25.0 Å². The Labute approximate surface area is 198 Å². The van der Waals surface area contributed by atoms with Gasteiger partial charge in [0.1, 0.15) is 0 Å². The molecular weight excluding hydrogens is 416 g/mol. The minimum Gasteiger partial charge on any atom is -0.493 e. The molecule has 2 aromatic rings. The Balaban J connectivity index is 1.52. The van der Waals surface area contributed by atoms with E-state index in [1.807, 2.05) is 24.3 Å². The van der Waals surface area contributed by atoms with Crippen molar-refractivity contribution < 1.29 is 14.3 Å². The minimum absolute atomic E-state index is 0.254. The zero-order chi connectivity index (χ0) is 23.6. The molecular formula is C26H38N4O3. The van der Waals surface area contributed by atoms with Crippen LogP contribution in [0.15, 0.2) is 42.5 Å². The zero-order valence-corrected chi connectivity index (χ0v) is 20.4. The van der Waals surface area contributed by atoms with E-state index in [9.17, 15) is 4.79 Å². The lowest BCUT2D eigenvalue weighted by Gasteiger charge is -2.34. The highest BCUT2D eigenvalue weighted by molar-refractivity contribution is 5.89. The average molecular weight is 455 g/mol. The minimum atomic E-state index is -0.254. The number of benzene rings is 2. The van der Waals surface area contributed by atoms with Crippen molar-refractivity contribution in [1.82, 2.24) is 10.2 Å². The van der Waals surface area contributed by atoms with Gasteiger partial charge >= 0.3 is 6.03 Å². The van der Waals surface area contributed by atoms with Gasteiger partial charge < -0.3 is 29.9 Å². The van der Waals surface area contributed by atoms with Gasteiger partial charge in [-0.05, 0) is 55.6 Å². The van der Waals surface area contributed by atoms with E-state index in [1.54, 1.807) is 7.11 Å². The summed E-state index contributed by atoms with van der Waals surface area (Å²) in [7, 11) is 3.77. The van der Waals surface area contributed by atoms with Gasteiger partial charge in [-0.1, -0.05) is 26.0 Å². The van der Waals surface area contributed by atoms with Gasteiger partial charge in [-0.15, -0.1) is 0 Å². The smallest absolute Gasteiger partial charge is 0.319 e. The quantitative estimate of drug-likeness (QED) is 0.514. The van der Waals surface area contributed by atoms with Gasteiger partial charge in [0.15, 0.2) is 11.5 Å². The zero-order valence-electron chi connectivity index (χ0n) is 20.4. The molecule has 180 valence electrons. The number of rotatable bonds is 10. The standard InChI is InChI=1S/C26H38N4O3/c1-20(2)7-6-16-33-25-18-22(10-11-24(25)32-4)28-26(31)27-19-21-8-5-9-23(17-21)30-14-12-29(3)13-15-30/h5,8-11,17-18,20H,6-7,12-16,19H2,1-4H3,(H2,27,28,31). The number of amides is 2. The number of carbonyl (C=O) groups is 1. The van der Waals surface area contributed by atoms with Crippen LogP contribution >= 0.6 is 0 Å². The van der Waals surface area contributed by atoms with Crippen molar-refractivity contribution in [3.8, 4) is 11.5 Å². The molecule has 0 spiro atoms. The molecule has 2 amide bonds. The predicted octanol–water partition coefficient (Wildman–Crippen LogP) is 4.58. The number of anilines is 2. The molecule has 1 saturated heterocycles.